The lowest BCUT2D eigenvalue weighted by atomic mass is 10.5. The first kappa shape index (κ1) is 9.01. The van der Waals surface area contributed by atoms with Gasteiger partial charge in [0.1, 0.15) is 0 Å². The first-order chi connectivity index (χ1) is 4.66. The van der Waals surface area contributed by atoms with Crippen molar-refractivity contribution in [3.8, 4) is 0 Å². The lowest BCUT2D eigenvalue weighted by Crippen LogP contribution is -2.17. The minimum atomic E-state index is -0.267. The van der Waals surface area contributed by atoms with Gasteiger partial charge in [-0.3, -0.25) is 4.79 Å². The smallest absolute Gasteiger partial charge is 0.304 e. The van der Waals surface area contributed by atoms with E-state index in [1.807, 2.05) is 19.9 Å². The molecule has 0 aliphatic carbocycles. The number of ether oxygens (including phenoxy) is 1. The van der Waals surface area contributed by atoms with Gasteiger partial charge in [0, 0.05) is 12.6 Å². The van der Waals surface area contributed by atoms with E-state index in [0.717, 1.165) is 5.70 Å². The van der Waals surface area contributed by atoms with Crippen LogP contribution in [0.4, 0.5) is 0 Å². The zero-order valence-electron chi connectivity index (χ0n) is 6.60. The summed E-state index contributed by atoms with van der Waals surface area (Å²) >= 11 is 0. The summed E-state index contributed by atoms with van der Waals surface area (Å²) in [6.07, 6.45) is 1.91. The van der Waals surface area contributed by atoms with E-state index >= 15 is 0 Å². The fraction of sp³-hybridized carbons (Fsp3) is 0.571. The molecule has 10 heavy (non-hydrogen) atoms. The van der Waals surface area contributed by atoms with Crippen molar-refractivity contribution in [3.05, 3.63) is 11.8 Å². The van der Waals surface area contributed by atoms with Crippen LogP contribution in [0.15, 0.2) is 11.8 Å². The van der Waals surface area contributed by atoms with Crippen LogP contribution in [0.25, 0.3) is 0 Å². The van der Waals surface area contributed by atoms with Crippen LogP contribution in [0.2, 0.25) is 0 Å². The summed E-state index contributed by atoms with van der Waals surface area (Å²) in [5.41, 5.74) is 1.00. The molecule has 0 aromatic rings. The SMILES string of the molecule is C/C=C(\C)NCOC(C)=O. The highest BCUT2D eigenvalue weighted by molar-refractivity contribution is 5.65. The van der Waals surface area contributed by atoms with Crippen LogP contribution in [-0.2, 0) is 9.53 Å². The Hall–Kier alpha value is -0.990. The van der Waals surface area contributed by atoms with Crippen LogP contribution in [-0.4, -0.2) is 12.7 Å². The molecular formula is C7H13NO2. The van der Waals surface area contributed by atoms with Gasteiger partial charge in [0.25, 0.3) is 0 Å². The Kier molecular flexibility index (Phi) is 4.37. The quantitative estimate of drug-likeness (QED) is 0.473. The molecule has 0 rings (SSSR count). The van der Waals surface area contributed by atoms with Gasteiger partial charge in [0.05, 0.1) is 0 Å². The topological polar surface area (TPSA) is 38.3 Å². The second kappa shape index (κ2) is 4.85. The largest absolute Gasteiger partial charge is 0.445 e. The number of hydrogen-bond acceptors (Lipinski definition) is 3. The Balaban J connectivity index is 3.29. The standard InChI is InChI=1S/C7H13NO2/c1-4-6(2)8-5-10-7(3)9/h4,8H,5H2,1-3H3/b6-4+. The number of nitrogens with one attached hydrogen (secondary N) is 1. The summed E-state index contributed by atoms with van der Waals surface area (Å²) in [5.74, 6) is -0.267. The molecule has 1 N–H and O–H groups in total. The third-order valence-corrected chi connectivity index (χ3v) is 1.06. The molecule has 0 saturated carbocycles. The Bertz CT molecular complexity index is 141. The molecular weight excluding hydrogens is 130 g/mol. The highest BCUT2D eigenvalue weighted by Gasteiger charge is 1.89. The highest BCUT2D eigenvalue weighted by atomic mass is 16.5. The van der Waals surface area contributed by atoms with Crippen molar-refractivity contribution in [2.24, 2.45) is 0 Å². The van der Waals surface area contributed by atoms with E-state index in [9.17, 15) is 4.79 Å². The third kappa shape index (κ3) is 5.15. The number of allylic oxidation sites excluding steroid dienone is 2. The predicted octanol–water partition coefficient (Wildman–Crippen LogP) is 1.02. The van der Waals surface area contributed by atoms with Crippen molar-refractivity contribution in [3.63, 3.8) is 0 Å². The van der Waals surface area contributed by atoms with Crippen LogP contribution >= 0.6 is 0 Å². The molecule has 0 spiro atoms. The van der Waals surface area contributed by atoms with E-state index in [0.29, 0.717) is 0 Å². The fourth-order valence-electron chi connectivity index (χ4n) is 0.354. The van der Waals surface area contributed by atoms with Crippen LogP contribution < -0.4 is 5.32 Å². The first-order valence-corrected chi connectivity index (χ1v) is 3.17. The molecule has 0 saturated heterocycles. The molecule has 0 aromatic heterocycles. The number of carbonyl (C=O) groups is 1. The molecule has 0 amide bonds. The molecule has 0 aromatic carbocycles. The Labute approximate surface area is 61.1 Å². The van der Waals surface area contributed by atoms with E-state index < -0.39 is 0 Å². The number of rotatable bonds is 3. The van der Waals surface area contributed by atoms with Gasteiger partial charge >= 0.3 is 5.97 Å². The molecule has 0 aliphatic heterocycles. The molecule has 0 heterocycles. The summed E-state index contributed by atoms with van der Waals surface area (Å²) in [6.45, 7) is 5.46. The molecule has 3 nitrogen and oxygen atoms in total. The van der Waals surface area contributed by atoms with Crippen LogP contribution in [0.5, 0.6) is 0 Å². The molecule has 58 valence electrons. The Morgan fingerprint density at radius 2 is 2.20 bits per heavy atom. The van der Waals surface area contributed by atoms with E-state index in [2.05, 4.69) is 10.1 Å². The fourth-order valence-corrected chi connectivity index (χ4v) is 0.354. The maximum absolute atomic E-state index is 10.2. The third-order valence-electron chi connectivity index (χ3n) is 1.06. The van der Waals surface area contributed by atoms with Crippen molar-refractivity contribution in [2.75, 3.05) is 6.73 Å². The molecule has 0 bridgehead atoms. The lowest BCUT2D eigenvalue weighted by molar-refractivity contribution is -0.141. The van der Waals surface area contributed by atoms with Gasteiger partial charge in [-0.05, 0) is 13.8 Å². The molecule has 3 heteroatoms. The Morgan fingerprint density at radius 3 is 2.60 bits per heavy atom. The van der Waals surface area contributed by atoms with Gasteiger partial charge < -0.3 is 10.1 Å². The minimum Gasteiger partial charge on any atom is -0.445 e. The van der Waals surface area contributed by atoms with Crippen molar-refractivity contribution in [1.29, 1.82) is 0 Å². The van der Waals surface area contributed by atoms with E-state index in [1.54, 1.807) is 0 Å². The maximum Gasteiger partial charge on any atom is 0.304 e. The highest BCUT2D eigenvalue weighted by Crippen LogP contribution is 1.83. The maximum atomic E-state index is 10.2. The average molecular weight is 143 g/mol. The summed E-state index contributed by atoms with van der Waals surface area (Å²) in [7, 11) is 0. The second-order valence-electron chi connectivity index (χ2n) is 1.93. The summed E-state index contributed by atoms with van der Waals surface area (Å²) in [6, 6.07) is 0. The Morgan fingerprint density at radius 1 is 1.60 bits per heavy atom. The van der Waals surface area contributed by atoms with Gasteiger partial charge in [-0.2, -0.15) is 0 Å². The summed E-state index contributed by atoms with van der Waals surface area (Å²) in [4.78, 5) is 10.2. The van der Waals surface area contributed by atoms with Gasteiger partial charge in [-0.25, -0.2) is 0 Å². The number of hydrogen-bond donors (Lipinski definition) is 1. The van der Waals surface area contributed by atoms with E-state index in [4.69, 9.17) is 0 Å². The molecule has 0 unspecified atom stereocenters. The van der Waals surface area contributed by atoms with Crippen molar-refractivity contribution in [2.45, 2.75) is 20.8 Å². The van der Waals surface area contributed by atoms with Gasteiger partial charge in [-0.15, -0.1) is 0 Å². The zero-order valence-corrected chi connectivity index (χ0v) is 6.60. The zero-order chi connectivity index (χ0) is 7.98. The number of carbonyl (C=O) groups excluding carboxylic acids is 1. The van der Waals surface area contributed by atoms with E-state index in [1.165, 1.54) is 6.92 Å². The average Bonchev–Trinajstić information content (AvgIpc) is 1.87. The van der Waals surface area contributed by atoms with Crippen molar-refractivity contribution >= 4 is 5.97 Å². The van der Waals surface area contributed by atoms with Crippen LogP contribution in [0, 0.1) is 0 Å². The molecule has 0 fully saturated rings. The lowest BCUT2D eigenvalue weighted by Gasteiger charge is -2.04. The monoisotopic (exact) mass is 143 g/mol. The summed E-state index contributed by atoms with van der Waals surface area (Å²) in [5, 5.41) is 2.88. The summed E-state index contributed by atoms with van der Waals surface area (Å²) < 4.78 is 4.62. The van der Waals surface area contributed by atoms with Crippen LogP contribution in [0.1, 0.15) is 20.8 Å². The van der Waals surface area contributed by atoms with Gasteiger partial charge in [-0.1, -0.05) is 6.08 Å². The second-order valence-corrected chi connectivity index (χ2v) is 1.93. The van der Waals surface area contributed by atoms with Gasteiger partial charge in [0.15, 0.2) is 6.73 Å². The number of esters is 1. The predicted molar refractivity (Wildman–Crippen MR) is 39.2 cm³/mol. The normalized spacial score (nSPS) is 10.9. The molecule has 0 atom stereocenters. The van der Waals surface area contributed by atoms with Crippen molar-refractivity contribution < 1.29 is 9.53 Å². The molecule has 0 aliphatic rings. The minimum absolute atomic E-state index is 0.255. The van der Waals surface area contributed by atoms with E-state index in [-0.39, 0.29) is 12.7 Å². The van der Waals surface area contributed by atoms with Crippen LogP contribution in [0.3, 0.4) is 0 Å². The van der Waals surface area contributed by atoms with Gasteiger partial charge in [0.2, 0.25) is 0 Å². The first-order valence-electron chi connectivity index (χ1n) is 3.17. The molecule has 0 radical (unpaired) electrons. The van der Waals surface area contributed by atoms with Crippen molar-refractivity contribution in [1.82, 2.24) is 5.32 Å².